The number of rotatable bonds is 5. The highest BCUT2D eigenvalue weighted by Gasteiger charge is 2.17. The van der Waals surface area contributed by atoms with Crippen LogP contribution in [0.15, 0.2) is 29.4 Å². The number of hydrogen-bond donors (Lipinski definition) is 1. The van der Waals surface area contributed by atoms with Crippen LogP contribution < -0.4 is 10.1 Å². The van der Waals surface area contributed by atoms with Crippen LogP contribution in [-0.2, 0) is 17.6 Å². The van der Waals surface area contributed by atoms with Crippen molar-refractivity contribution in [2.45, 2.75) is 31.3 Å². The van der Waals surface area contributed by atoms with E-state index in [0.717, 1.165) is 42.1 Å². The molecule has 1 amide bonds. The smallest absolute Gasteiger partial charge is 0.234 e. The molecule has 0 saturated carbocycles. The first kappa shape index (κ1) is 15.8. The SMILES string of the molecule is COc1ccc(NC(=O)CSc2nc(C)c3c(n2)CCC3)cc1. The Kier molecular flexibility index (Phi) is 4.81. The number of amides is 1. The van der Waals surface area contributed by atoms with Crippen LogP contribution in [0.4, 0.5) is 5.69 Å². The van der Waals surface area contributed by atoms with Crippen LogP contribution in [0.1, 0.15) is 23.4 Å². The van der Waals surface area contributed by atoms with Crippen molar-refractivity contribution in [3.63, 3.8) is 0 Å². The molecule has 3 rings (SSSR count). The highest BCUT2D eigenvalue weighted by molar-refractivity contribution is 7.99. The molecule has 120 valence electrons. The fourth-order valence-electron chi connectivity index (χ4n) is 2.66. The normalized spacial score (nSPS) is 12.8. The molecular weight excluding hydrogens is 310 g/mol. The van der Waals surface area contributed by atoms with Crippen molar-refractivity contribution in [3.05, 3.63) is 41.2 Å². The quantitative estimate of drug-likeness (QED) is 0.675. The lowest BCUT2D eigenvalue weighted by Gasteiger charge is -2.08. The fraction of sp³-hybridized carbons (Fsp3) is 0.353. The van der Waals surface area contributed by atoms with Gasteiger partial charge in [-0.15, -0.1) is 0 Å². The highest BCUT2D eigenvalue weighted by Crippen LogP contribution is 2.25. The van der Waals surface area contributed by atoms with Gasteiger partial charge in [0.2, 0.25) is 5.91 Å². The van der Waals surface area contributed by atoms with E-state index in [4.69, 9.17) is 4.74 Å². The molecule has 1 aliphatic carbocycles. The maximum absolute atomic E-state index is 12.0. The first-order valence-corrected chi connectivity index (χ1v) is 8.57. The predicted molar refractivity (Wildman–Crippen MR) is 91.1 cm³/mol. The van der Waals surface area contributed by atoms with E-state index in [0.29, 0.717) is 10.9 Å². The minimum atomic E-state index is -0.0677. The minimum absolute atomic E-state index is 0.0677. The lowest BCUT2D eigenvalue weighted by molar-refractivity contribution is -0.113. The Labute approximate surface area is 139 Å². The van der Waals surface area contributed by atoms with Crippen molar-refractivity contribution in [2.75, 3.05) is 18.2 Å². The van der Waals surface area contributed by atoms with Gasteiger partial charge in [-0.1, -0.05) is 11.8 Å². The van der Waals surface area contributed by atoms with Crippen molar-refractivity contribution in [1.29, 1.82) is 0 Å². The molecule has 0 spiro atoms. The number of aromatic nitrogens is 2. The van der Waals surface area contributed by atoms with Crippen molar-refractivity contribution in [3.8, 4) is 5.75 Å². The topological polar surface area (TPSA) is 64.1 Å². The van der Waals surface area contributed by atoms with Crippen LogP contribution in [0.5, 0.6) is 5.75 Å². The Morgan fingerprint density at radius 1 is 1.26 bits per heavy atom. The number of carbonyl (C=O) groups is 1. The summed E-state index contributed by atoms with van der Waals surface area (Å²) in [5, 5.41) is 3.55. The Balaban J connectivity index is 1.57. The molecule has 1 aliphatic rings. The molecular formula is C17H19N3O2S. The fourth-order valence-corrected chi connectivity index (χ4v) is 3.37. The Hall–Kier alpha value is -2.08. The van der Waals surface area contributed by atoms with E-state index in [9.17, 15) is 4.79 Å². The molecule has 0 saturated heterocycles. The van der Waals surface area contributed by atoms with E-state index in [-0.39, 0.29) is 5.91 Å². The van der Waals surface area contributed by atoms with E-state index in [2.05, 4.69) is 15.3 Å². The number of aryl methyl sites for hydroxylation is 2. The second-order valence-corrected chi connectivity index (χ2v) is 6.38. The van der Waals surface area contributed by atoms with Gasteiger partial charge in [0.15, 0.2) is 5.16 Å². The third kappa shape index (κ3) is 3.82. The Bertz CT molecular complexity index is 717. The average molecular weight is 329 g/mol. The second-order valence-electron chi connectivity index (χ2n) is 5.44. The number of anilines is 1. The van der Waals surface area contributed by atoms with Gasteiger partial charge in [-0.25, -0.2) is 9.97 Å². The van der Waals surface area contributed by atoms with Gasteiger partial charge in [-0.05, 0) is 56.0 Å². The van der Waals surface area contributed by atoms with Crippen molar-refractivity contribution >= 4 is 23.4 Å². The van der Waals surface area contributed by atoms with Crippen LogP contribution in [0, 0.1) is 6.92 Å². The van der Waals surface area contributed by atoms with E-state index in [1.807, 2.05) is 31.2 Å². The highest BCUT2D eigenvalue weighted by atomic mass is 32.2. The number of nitrogens with one attached hydrogen (secondary N) is 1. The monoisotopic (exact) mass is 329 g/mol. The average Bonchev–Trinajstić information content (AvgIpc) is 3.03. The summed E-state index contributed by atoms with van der Waals surface area (Å²) in [6.45, 7) is 2.02. The molecule has 0 bridgehead atoms. The molecule has 1 N–H and O–H groups in total. The Morgan fingerprint density at radius 2 is 2.04 bits per heavy atom. The first-order valence-electron chi connectivity index (χ1n) is 7.59. The molecule has 0 aliphatic heterocycles. The number of carbonyl (C=O) groups excluding carboxylic acids is 1. The molecule has 0 radical (unpaired) electrons. The van der Waals surface area contributed by atoms with Crippen molar-refractivity contribution in [2.24, 2.45) is 0 Å². The predicted octanol–water partition coefficient (Wildman–Crippen LogP) is 3.01. The van der Waals surface area contributed by atoms with Crippen LogP contribution in [0.2, 0.25) is 0 Å². The zero-order valence-electron chi connectivity index (χ0n) is 13.3. The molecule has 0 unspecified atom stereocenters. The Morgan fingerprint density at radius 3 is 2.78 bits per heavy atom. The molecule has 1 heterocycles. The molecule has 1 aromatic heterocycles. The molecule has 23 heavy (non-hydrogen) atoms. The largest absolute Gasteiger partial charge is 0.497 e. The van der Waals surface area contributed by atoms with E-state index >= 15 is 0 Å². The molecule has 5 nitrogen and oxygen atoms in total. The molecule has 0 atom stereocenters. The van der Waals surface area contributed by atoms with Gasteiger partial charge in [0.05, 0.1) is 12.9 Å². The van der Waals surface area contributed by atoms with Crippen LogP contribution in [0.3, 0.4) is 0 Å². The maximum atomic E-state index is 12.0. The third-order valence-corrected chi connectivity index (χ3v) is 4.67. The lowest BCUT2D eigenvalue weighted by atomic mass is 10.2. The van der Waals surface area contributed by atoms with E-state index < -0.39 is 0 Å². The molecule has 6 heteroatoms. The summed E-state index contributed by atoms with van der Waals surface area (Å²) in [6, 6.07) is 7.26. The van der Waals surface area contributed by atoms with E-state index in [1.165, 1.54) is 17.3 Å². The van der Waals surface area contributed by atoms with Crippen molar-refractivity contribution < 1.29 is 9.53 Å². The number of benzene rings is 1. The van der Waals surface area contributed by atoms with Gasteiger partial charge in [-0.3, -0.25) is 4.79 Å². The number of fused-ring (bicyclic) bond motifs is 1. The third-order valence-electron chi connectivity index (χ3n) is 3.83. The van der Waals surface area contributed by atoms with Gasteiger partial charge in [0, 0.05) is 17.1 Å². The number of methoxy groups -OCH3 is 1. The number of nitrogens with zero attached hydrogens (tertiary/aromatic N) is 2. The zero-order chi connectivity index (χ0) is 16.2. The van der Waals surface area contributed by atoms with Gasteiger partial charge < -0.3 is 10.1 Å². The lowest BCUT2D eigenvalue weighted by Crippen LogP contribution is -2.14. The summed E-state index contributed by atoms with van der Waals surface area (Å²) in [6.07, 6.45) is 3.24. The first-order chi connectivity index (χ1) is 11.2. The van der Waals surface area contributed by atoms with Gasteiger partial charge in [0.1, 0.15) is 5.75 Å². The molecule has 1 aromatic carbocycles. The number of ether oxygens (including phenoxy) is 1. The molecule has 2 aromatic rings. The summed E-state index contributed by atoms with van der Waals surface area (Å²) < 4.78 is 5.09. The maximum Gasteiger partial charge on any atom is 0.234 e. The van der Waals surface area contributed by atoms with Gasteiger partial charge in [-0.2, -0.15) is 0 Å². The number of thioether (sulfide) groups is 1. The van der Waals surface area contributed by atoms with Gasteiger partial charge >= 0.3 is 0 Å². The van der Waals surface area contributed by atoms with Crippen molar-refractivity contribution in [1.82, 2.24) is 9.97 Å². The van der Waals surface area contributed by atoms with Crippen LogP contribution in [-0.4, -0.2) is 28.7 Å². The summed E-state index contributed by atoms with van der Waals surface area (Å²) in [5.74, 6) is 0.992. The zero-order valence-corrected chi connectivity index (χ0v) is 14.1. The summed E-state index contributed by atoms with van der Waals surface area (Å²) in [5.41, 5.74) is 4.24. The summed E-state index contributed by atoms with van der Waals surface area (Å²) >= 11 is 1.38. The van der Waals surface area contributed by atoms with Gasteiger partial charge in [0.25, 0.3) is 0 Å². The number of hydrogen-bond acceptors (Lipinski definition) is 5. The van der Waals surface area contributed by atoms with E-state index in [1.54, 1.807) is 7.11 Å². The minimum Gasteiger partial charge on any atom is -0.497 e. The summed E-state index contributed by atoms with van der Waals surface area (Å²) in [4.78, 5) is 21.1. The van der Waals surface area contributed by atoms with Crippen LogP contribution >= 0.6 is 11.8 Å². The second kappa shape index (κ2) is 7.00. The standard InChI is InChI=1S/C17H19N3O2S/c1-11-14-4-3-5-15(14)20-17(18-11)23-10-16(21)19-12-6-8-13(22-2)9-7-12/h6-9H,3-5,10H2,1-2H3,(H,19,21). The summed E-state index contributed by atoms with van der Waals surface area (Å²) in [7, 11) is 1.61. The molecule has 0 fully saturated rings. The van der Waals surface area contributed by atoms with Crippen LogP contribution in [0.25, 0.3) is 0 Å².